The van der Waals surface area contributed by atoms with Gasteiger partial charge in [-0.2, -0.15) is 4.98 Å². The standard InChI is InChI=1S/C10H14N6O/c11-5-3-1-2-4(5)7-13-6-8(14-7)15-10(12)16-9(6)17/h4-5H,1-3,11H2,(H4,12,13,14,15,16,17). The largest absolute Gasteiger partial charge is 0.369 e. The molecule has 2 aromatic heterocycles. The van der Waals surface area contributed by atoms with Crippen molar-refractivity contribution in [3.63, 3.8) is 0 Å². The Balaban J connectivity index is 2.13. The second kappa shape index (κ2) is 3.56. The van der Waals surface area contributed by atoms with Gasteiger partial charge < -0.3 is 16.5 Å². The van der Waals surface area contributed by atoms with Gasteiger partial charge in [-0.05, 0) is 12.8 Å². The number of nitrogen functional groups attached to an aromatic ring is 1. The lowest BCUT2D eigenvalue weighted by Gasteiger charge is -2.11. The summed E-state index contributed by atoms with van der Waals surface area (Å²) in [4.78, 5) is 25.4. The van der Waals surface area contributed by atoms with Gasteiger partial charge in [-0.25, -0.2) is 4.98 Å². The Kier molecular flexibility index (Phi) is 2.15. The van der Waals surface area contributed by atoms with E-state index in [1.807, 2.05) is 0 Å². The van der Waals surface area contributed by atoms with Crippen LogP contribution < -0.4 is 17.0 Å². The van der Waals surface area contributed by atoms with Crippen molar-refractivity contribution in [2.45, 2.75) is 31.2 Å². The van der Waals surface area contributed by atoms with E-state index in [1.54, 1.807) is 0 Å². The Morgan fingerprint density at radius 2 is 2.06 bits per heavy atom. The van der Waals surface area contributed by atoms with Gasteiger partial charge in [0.15, 0.2) is 11.2 Å². The molecule has 0 aliphatic heterocycles. The van der Waals surface area contributed by atoms with Crippen LogP contribution in [0, 0.1) is 0 Å². The zero-order chi connectivity index (χ0) is 12.0. The monoisotopic (exact) mass is 234 g/mol. The highest BCUT2D eigenvalue weighted by Gasteiger charge is 2.28. The highest BCUT2D eigenvalue weighted by Crippen LogP contribution is 2.31. The van der Waals surface area contributed by atoms with Crippen molar-refractivity contribution in [1.29, 1.82) is 0 Å². The molecule has 6 N–H and O–H groups in total. The van der Waals surface area contributed by atoms with Gasteiger partial charge in [-0.15, -0.1) is 0 Å². The van der Waals surface area contributed by atoms with Crippen molar-refractivity contribution in [2.75, 3.05) is 5.73 Å². The Labute approximate surface area is 96.6 Å². The van der Waals surface area contributed by atoms with Crippen LogP contribution in [-0.2, 0) is 0 Å². The Morgan fingerprint density at radius 3 is 2.76 bits per heavy atom. The van der Waals surface area contributed by atoms with Crippen molar-refractivity contribution in [3.05, 3.63) is 16.2 Å². The summed E-state index contributed by atoms with van der Waals surface area (Å²) in [5.41, 5.74) is 11.9. The Hall–Kier alpha value is -1.89. The summed E-state index contributed by atoms with van der Waals surface area (Å²) in [5.74, 6) is 1.01. The number of H-pyrrole nitrogens is 2. The summed E-state index contributed by atoms with van der Waals surface area (Å²) in [6.07, 6.45) is 3.08. The van der Waals surface area contributed by atoms with Gasteiger partial charge in [-0.3, -0.25) is 9.78 Å². The van der Waals surface area contributed by atoms with Gasteiger partial charge in [0.05, 0.1) is 0 Å². The fourth-order valence-electron chi connectivity index (χ4n) is 2.45. The summed E-state index contributed by atoms with van der Waals surface area (Å²) in [5, 5.41) is 0. The van der Waals surface area contributed by atoms with Crippen LogP contribution >= 0.6 is 0 Å². The number of hydrogen-bond acceptors (Lipinski definition) is 5. The summed E-state index contributed by atoms with van der Waals surface area (Å²) in [7, 11) is 0. The topological polar surface area (TPSA) is 126 Å². The molecule has 1 saturated carbocycles. The van der Waals surface area contributed by atoms with Gasteiger partial charge in [0, 0.05) is 12.0 Å². The van der Waals surface area contributed by atoms with Crippen molar-refractivity contribution in [1.82, 2.24) is 19.9 Å². The molecular weight excluding hydrogens is 220 g/mol. The fourth-order valence-corrected chi connectivity index (χ4v) is 2.45. The fraction of sp³-hybridized carbons (Fsp3) is 0.500. The van der Waals surface area contributed by atoms with E-state index in [4.69, 9.17) is 11.5 Å². The molecule has 2 atom stereocenters. The number of nitrogens with zero attached hydrogens (tertiary/aromatic N) is 2. The van der Waals surface area contributed by atoms with Crippen LogP contribution in [0.4, 0.5) is 5.95 Å². The summed E-state index contributed by atoms with van der Waals surface area (Å²) >= 11 is 0. The third-order valence-corrected chi connectivity index (χ3v) is 3.32. The number of nitrogens with one attached hydrogen (secondary N) is 2. The maximum absolute atomic E-state index is 11.6. The number of rotatable bonds is 1. The minimum absolute atomic E-state index is 0.0799. The van der Waals surface area contributed by atoms with Crippen molar-refractivity contribution in [3.8, 4) is 0 Å². The Bertz CT molecular complexity index is 615. The van der Waals surface area contributed by atoms with Gasteiger partial charge in [0.2, 0.25) is 5.95 Å². The molecule has 7 nitrogen and oxygen atoms in total. The molecular formula is C10H14N6O. The van der Waals surface area contributed by atoms with Crippen LogP contribution in [0.25, 0.3) is 11.2 Å². The first-order chi connectivity index (χ1) is 8.15. The molecule has 3 rings (SSSR count). The average molecular weight is 234 g/mol. The molecule has 0 radical (unpaired) electrons. The molecule has 0 aromatic carbocycles. The molecule has 7 heteroatoms. The van der Waals surface area contributed by atoms with E-state index < -0.39 is 0 Å². The molecule has 1 fully saturated rings. The van der Waals surface area contributed by atoms with Crippen LogP contribution in [0.2, 0.25) is 0 Å². The maximum atomic E-state index is 11.6. The van der Waals surface area contributed by atoms with Crippen molar-refractivity contribution in [2.24, 2.45) is 5.73 Å². The summed E-state index contributed by atoms with van der Waals surface area (Å²) in [6.45, 7) is 0. The number of nitrogens with two attached hydrogens (primary N) is 2. The predicted octanol–water partition coefficient (Wildman–Crippen LogP) is -0.177. The van der Waals surface area contributed by atoms with Crippen LogP contribution in [0.1, 0.15) is 31.0 Å². The van der Waals surface area contributed by atoms with Crippen LogP contribution in [0.15, 0.2) is 4.79 Å². The third-order valence-electron chi connectivity index (χ3n) is 3.32. The molecule has 0 amide bonds. The first kappa shape index (κ1) is 10.3. The van der Waals surface area contributed by atoms with E-state index in [9.17, 15) is 4.79 Å². The number of aromatic nitrogens is 4. The zero-order valence-electron chi connectivity index (χ0n) is 9.23. The van der Waals surface area contributed by atoms with E-state index in [0.29, 0.717) is 11.2 Å². The minimum atomic E-state index is -0.294. The first-order valence-electron chi connectivity index (χ1n) is 5.66. The van der Waals surface area contributed by atoms with Crippen LogP contribution in [0.5, 0.6) is 0 Å². The highest BCUT2D eigenvalue weighted by molar-refractivity contribution is 5.70. The molecule has 2 aromatic rings. The van der Waals surface area contributed by atoms with E-state index in [0.717, 1.165) is 25.1 Å². The zero-order valence-corrected chi connectivity index (χ0v) is 9.23. The number of fused-ring (bicyclic) bond motifs is 1. The summed E-state index contributed by atoms with van der Waals surface area (Å²) in [6, 6.07) is 0.104. The molecule has 2 heterocycles. The van der Waals surface area contributed by atoms with E-state index in [1.165, 1.54) is 0 Å². The molecule has 1 aliphatic rings. The number of aromatic amines is 2. The van der Waals surface area contributed by atoms with Gasteiger partial charge in [-0.1, -0.05) is 6.42 Å². The van der Waals surface area contributed by atoms with Crippen LogP contribution in [0.3, 0.4) is 0 Å². The second-order valence-electron chi connectivity index (χ2n) is 4.47. The lowest BCUT2D eigenvalue weighted by atomic mass is 10.0. The molecule has 0 saturated heterocycles. The second-order valence-corrected chi connectivity index (χ2v) is 4.47. The molecule has 0 spiro atoms. The smallest absolute Gasteiger partial charge is 0.278 e. The molecule has 90 valence electrons. The minimum Gasteiger partial charge on any atom is -0.369 e. The molecule has 2 unspecified atom stereocenters. The molecule has 17 heavy (non-hydrogen) atoms. The van der Waals surface area contributed by atoms with Gasteiger partial charge in [0.25, 0.3) is 5.56 Å². The first-order valence-corrected chi connectivity index (χ1v) is 5.66. The lowest BCUT2D eigenvalue weighted by molar-refractivity contribution is 0.588. The van der Waals surface area contributed by atoms with E-state index in [2.05, 4.69) is 19.9 Å². The third kappa shape index (κ3) is 1.59. The van der Waals surface area contributed by atoms with Crippen molar-refractivity contribution < 1.29 is 0 Å². The van der Waals surface area contributed by atoms with E-state index >= 15 is 0 Å². The molecule has 1 aliphatic carbocycles. The number of hydrogen-bond donors (Lipinski definition) is 4. The number of imidazole rings is 1. The SMILES string of the molecule is Nc1nc2nc(C3CCCC3N)[nH]c2c(=O)[nH]1. The van der Waals surface area contributed by atoms with E-state index in [-0.39, 0.29) is 23.5 Å². The quantitative estimate of drug-likeness (QED) is 0.544. The molecule has 0 bridgehead atoms. The van der Waals surface area contributed by atoms with Gasteiger partial charge >= 0.3 is 0 Å². The highest BCUT2D eigenvalue weighted by atomic mass is 16.1. The lowest BCUT2D eigenvalue weighted by Crippen LogP contribution is -2.23. The summed E-state index contributed by atoms with van der Waals surface area (Å²) < 4.78 is 0. The number of anilines is 1. The maximum Gasteiger partial charge on any atom is 0.278 e. The normalized spacial score (nSPS) is 24.5. The van der Waals surface area contributed by atoms with Gasteiger partial charge in [0.1, 0.15) is 5.82 Å². The van der Waals surface area contributed by atoms with Crippen LogP contribution in [-0.4, -0.2) is 26.0 Å². The Morgan fingerprint density at radius 1 is 1.24 bits per heavy atom. The predicted molar refractivity (Wildman–Crippen MR) is 63.5 cm³/mol. The average Bonchev–Trinajstić information content (AvgIpc) is 2.83. The van der Waals surface area contributed by atoms with Crippen molar-refractivity contribution >= 4 is 17.1 Å².